The van der Waals surface area contributed by atoms with Gasteiger partial charge in [0.1, 0.15) is 5.69 Å². The van der Waals surface area contributed by atoms with Crippen molar-refractivity contribution in [1.82, 2.24) is 20.2 Å². The lowest BCUT2D eigenvalue weighted by Crippen LogP contribution is -2.05. The van der Waals surface area contributed by atoms with Gasteiger partial charge in [-0.3, -0.25) is 5.10 Å². The number of aryl methyl sites for hydroxylation is 1. The number of fused-ring (bicyclic) bond motifs is 1. The standard InChI is InChI=1S/C11H14N4/c1-7-3-2-4-8-10(7)14-11(13-8)9-5-6-12-15-9/h5-7H,2-4H2,1H3,(H,12,15)(H,13,14). The van der Waals surface area contributed by atoms with Crippen molar-refractivity contribution in [3.8, 4) is 11.5 Å². The first-order valence-electron chi connectivity index (χ1n) is 5.43. The summed E-state index contributed by atoms with van der Waals surface area (Å²) >= 11 is 0. The van der Waals surface area contributed by atoms with E-state index in [4.69, 9.17) is 0 Å². The van der Waals surface area contributed by atoms with E-state index in [-0.39, 0.29) is 0 Å². The quantitative estimate of drug-likeness (QED) is 0.745. The van der Waals surface area contributed by atoms with Crippen molar-refractivity contribution >= 4 is 0 Å². The first-order valence-corrected chi connectivity index (χ1v) is 5.43. The maximum atomic E-state index is 4.65. The van der Waals surface area contributed by atoms with Crippen molar-refractivity contribution in [2.75, 3.05) is 0 Å². The van der Waals surface area contributed by atoms with Gasteiger partial charge in [-0.1, -0.05) is 6.92 Å². The molecule has 0 aliphatic heterocycles. The molecule has 0 spiro atoms. The number of imidazole rings is 1. The normalized spacial score (nSPS) is 20.2. The summed E-state index contributed by atoms with van der Waals surface area (Å²) in [6.07, 6.45) is 5.39. The molecule has 0 bridgehead atoms. The Labute approximate surface area is 88.1 Å². The minimum atomic E-state index is 0.585. The van der Waals surface area contributed by atoms with Gasteiger partial charge in [0.15, 0.2) is 5.82 Å². The first-order chi connectivity index (χ1) is 7.34. The number of aromatic nitrogens is 4. The van der Waals surface area contributed by atoms with Gasteiger partial charge in [0.05, 0.1) is 5.69 Å². The minimum Gasteiger partial charge on any atom is -0.340 e. The molecule has 0 fully saturated rings. The maximum Gasteiger partial charge on any atom is 0.155 e. The van der Waals surface area contributed by atoms with E-state index >= 15 is 0 Å². The molecule has 78 valence electrons. The molecule has 0 radical (unpaired) electrons. The van der Waals surface area contributed by atoms with Crippen LogP contribution in [0.25, 0.3) is 11.5 Å². The Kier molecular flexibility index (Phi) is 1.87. The number of nitrogens with one attached hydrogen (secondary N) is 2. The maximum absolute atomic E-state index is 4.65. The van der Waals surface area contributed by atoms with Crippen LogP contribution in [-0.2, 0) is 6.42 Å². The van der Waals surface area contributed by atoms with E-state index in [9.17, 15) is 0 Å². The summed E-state index contributed by atoms with van der Waals surface area (Å²) in [5.74, 6) is 1.51. The van der Waals surface area contributed by atoms with Crippen molar-refractivity contribution in [1.29, 1.82) is 0 Å². The predicted octanol–water partition coefficient (Wildman–Crippen LogP) is 2.24. The highest BCUT2D eigenvalue weighted by atomic mass is 15.1. The lowest BCUT2D eigenvalue weighted by molar-refractivity contribution is 0.574. The van der Waals surface area contributed by atoms with Crippen LogP contribution in [-0.4, -0.2) is 20.2 Å². The molecule has 0 saturated heterocycles. The molecule has 4 heteroatoms. The van der Waals surface area contributed by atoms with Crippen LogP contribution in [0.2, 0.25) is 0 Å². The summed E-state index contributed by atoms with van der Waals surface area (Å²) in [6, 6.07) is 1.94. The molecule has 0 amide bonds. The zero-order valence-corrected chi connectivity index (χ0v) is 8.75. The van der Waals surface area contributed by atoms with Crippen molar-refractivity contribution in [3.05, 3.63) is 23.7 Å². The molecule has 1 unspecified atom stereocenters. The Balaban J connectivity index is 2.06. The van der Waals surface area contributed by atoms with E-state index in [0.29, 0.717) is 5.92 Å². The summed E-state index contributed by atoms with van der Waals surface area (Å²) in [4.78, 5) is 8.03. The molecule has 4 nitrogen and oxygen atoms in total. The first kappa shape index (κ1) is 8.71. The second kappa shape index (κ2) is 3.22. The fourth-order valence-electron chi connectivity index (χ4n) is 2.26. The average molecular weight is 202 g/mol. The van der Waals surface area contributed by atoms with Gasteiger partial charge in [-0.15, -0.1) is 0 Å². The van der Waals surface area contributed by atoms with Gasteiger partial charge >= 0.3 is 0 Å². The average Bonchev–Trinajstić information content (AvgIpc) is 2.86. The summed E-state index contributed by atoms with van der Waals surface area (Å²) in [5, 5.41) is 6.87. The van der Waals surface area contributed by atoms with Gasteiger partial charge in [-0.05, 0) is 25.3 Å². The van der Waals surface area contributed by atoms with E-state index in [1.165, 1.54) is 24.2 Å². The number of hydrogen-bond donors (Lipinski definition) is 2. The van der Waals surface area contributed by atoms with Crippen LogP contribution in [0, 0.1) is 0 Å². The number of rotatable bonds is 1. The molecule has 3 rings (SSSR count). The lowest BCUT2D eigenvalue weighted by Gasteiger charge is -2.15. The van der Waals surface area contributed by atoms with Crippen LogP contribution < -0.4 is 0 Å². The van der Waals surface area contributed by atoms with E-state index in [0.717, 1.165) is 17.9 Å². The summed E-state index contributed by atoms with van der Waals surface area (Å²) < 4.78 is 0. The summed E-state index contributed by atoms with van der Waals surface area (Å²) in [7, 11) is 0. The monoisotopic (exact) mass is 202 g/mol. The Morgan fingerprint density at radius 1 is 1.47 bits per heavy atom. The van der Waals surface area contributed by atoms with Crippen LogP contribution in [0.1, 0.15) is 37.1 Å². The summed E-state index contributed by atoms with van der Waals surface area (Å²) in [5.41, 5.74) is 3.51. The largest absolute Gasteiger partial charge is 0.340 e. The smallest absolute Gasteiger partial charge is 0.155 e. The van der Waals surface area contributed by atoms with Gasteiger partial charge in [0.25, 0.3) is 0 Å². The molecule has 1 aliphatic rings. The van der Waals surface area contributed by atoms with Crippen molar-refractivity contribution in [2.45, 2.75) is 32.1 Å². The van der Waals surface area contributed by atoms with Crippen LogP contribution in [0.5, 0.6) is 0 Å². The van der Waals surface area contributed by atoms with E-state index < -0.39 is 0 Å². The molecule has 1 aliphatic carbocycles. The second-order valence-electron chi connectivity index (χ2n) is 4.21. The number of H-pyrrole nitrogens is 2. The zero-order valence-electron chi connectivity index (χ0n) is 8.75. The fraction of sp³-hybridized carbons (Fsp3) is 0.455. The highest BCUT2D eigenvalue weighted by Gasteiger charge is 2.21. The van der Waals surface area contributed by atoms with E-state index in [1.807, 2.05) is 6.07 Å². The molecule has 0 aromatic carbocycles. The molecule has 2 aromatic heterocycles. The van der Waals surface area contributed by atoms with Crippen LogP contribution >= 0.6 is 0 Å². The van der Waals surface area contributed by atoms with Crippen LogP contribution in [0.3, 0.4) is 0 Å². The Morgan fingerprint density at radius 3 is 3.13 bits per heavy atom. The number of nitrogens with zero attached hydrogens (tertiary/aromatic N) is 2. The number of aromatic amines is 2. The molecule has 1 atom stereocenters. The Morgan fingerprint density at radius 2 is 2.40 bits per heavy atom. The SMILES string of the molecule is CC1CCCc2[nH]c(-c3ccn[nH]3)nc21. The molecular weight excluding hydrogens is 188 g/mol. The lowest BCUT2D eigenvalue weighted by atomic mass is 9.92. The van der Waals surface area contributed by atoms with Crippen LogP contribution in [0.15, 0.2) is 12.3 Å². The molecule has 2 aromatic rings. The van der Waals surface area contributed by atoms with E-state index in [1.54, 1.807) is 6.20 Å². The molecule has 15 heavy (non-hydrogen) atoms. The summed E-state index contributed by atoms with van der Waals surface area (Å²) in [6.45, 7) is 2.25. The highest BCUT2D eigenvalue weighted by Crippen LogP contribution is 2.30. The Bertz CT molecular complexity index is 455. The van der Waals surface area contributed by atoms with E-state index in [2.05, 4.69) is 27.1 Å². The third-order valence-corrected chi connectivity index (χ3v) is 3.10. The van der Waals surface area contributed by atoms with Crippen LogP contribution in [0.4, 0.5) is 0 Å². The van der Waals surface area contributed by atoms with Gasteiger partial charge in [-0.25, -0.2) is 4.98 Å². The Hall–Kier alpha value is -1.58. The molecular formula is C11H14N4. The fourth-order valence-corrected chi connectivity index (χ4v) is 2.26. The number of hydrogen-bond acceptors (Lipinski definition) is 2. The van der Waals surface area contributed by atoms with Crippen molar-refractivity contribution in [3.63, 3.8) is 0 Å². The minimum absolute atomic E-state index is 0.585. The van der Waals surface area contributed by atoms with Gasteiger partial charge < -0.3 is 4.98 Å². The third kappa shape index (κ3) is 1.37. The molecule has 2 heterocycles. The van der Waals surface area contributed by atoms with Crippen molar-refractivity contribution in [2.24, 2.45) is 0 Å². The molecule has 2 N–H and O–H groups in total. The third-order valence-electron chi connectivity index (χ3n) is 3.10. The zero-order chi connectivity index (χ0) is 10.3. The van der Waals surface area contributed by atoms with Crippen molar-refractivity contribution < 1.29 is 0 Å². The van der Waals surface area contributed by atoms with Gasteiger partial charge in [0, 0.05) is 17.8 Å². The topological polar surface area (TPSA) is 57.4 Å². The predicted molar refractivity (Wildman–Crippen MR) is 57.5 cm³/mol. The highest BCUT2D eigenvalue weighted by molar-refractivity contribution is 5.50. The van der Waals surface area contributed by atoms with Gasteiger partial charge in [0.2, 0.25) is 0 Å². The van der Waals surface area contributed by atoms with Gasteiger partial charge in [-0.2, -0.15) is 5.10 Å². The second-order valence-corrected chi connectivity index (χ2v) is 4.21. The molecule has 0 saturated carbocycles.